The van der Waals surface area contributed by atoms with E-state index in [1.807, 2.05) is 25.4 Å². The molecule has 0 amide bonds. The fourth-order valence-corrected chi connectivity index (χ4v) is 3.26. The Labute approximate surface area is 108 Å². The predicted octanol–water partition coefficient (Wildman–Crippen LogP) is 3.71. The number of hydrogen-bond acceptors (Lipinski definition) is 4. The Morgan fingerprint density at radius 2 is 2.29 bits per heavy atom. The SMILES string of the molecule is CNC(C)c1cccc(F)c1Sc1nccs1. The molecule has 1 aromatic heterocycles. The predicted molar refractivity (Wildman–Crippen MR) is 70.1 cm³/mol. The first-order valence-corrected chi connectivity index (χ1v) is 6.95. The van der Waals surface area contributed by atoms with E-state index in [9.17, 15) is 4.39 Å². The van der Waals surface area contributed by atoms with Crippen LogP contribution in [0.1, 0.15) is 18.5 Å². The van der Waals surface area contributed by atoms with E-state index < -0.39 is 0 Å². The van der Waals surface area contributed by atoms with Crippen molar-refractivity contribution >= 4 is 23.1 Å². The van der Waals surface area contributed by atoms with Crippen molar-refractivity contribution in [2.24, 2.45) is 0 Å². The molecule has 2 nitrogen and oxygen atoms in total. The molecule has 0 aliphatic heterocycles. The second-order valence-electron chi connectivity index (χ2n) is 3.57. The van der Waals surface area contributed by atoms with Crippen LogP contribution in [0.2, 0.25) is 0 Å². The van der Waals surface area contributed by atoms with Gasteiger partial charge in [-0.05, 0) is 25.6 Å². The average molecular weight is 268 g/mol. The standard InChI is InChI=1S/C12H13FN2S2/c1-8(14-2)9-4-3-5-10(13)11(9)17-12-15-6-7-16-12/h3-8,14H,1-2H3. The van der Waals surface area contributed by atoms with Crippen LogP contribution in [0.15, 0.2) is 39.0 Å². The largest absolute Gasteiger partial charge is 0.313 e. The first-order valence-electron chi connectivity index (χ1n) is 5.25. The van der Waals surface area contributed by atoms with E-state index in [1.165, 1.54) is 29.2 Å². The summed E-state index contributed by atoms with van der Waals surface area (Å²) in [7, 11) is 1.87. The van der Waals surface area contributed by atoms with Gasteiger partial charge in [-0.3, -0.25) is 0 Å². The highest BCUT2D eigenvalue weighted by molar-refractivity contribution is 8.01. The van der Waals surface area contributed by atoms with E-state index >= 15 is 0 Å². The maximum atomic E-state index is 13.9. The Morgan fingerprint density at radius 3 is 2.94 bits per heavy atom. The number of nitrogens with one attached hydrogen (secondary N) is 1. The lowest BCUT2D eigenvalue weighted by Crippen LogP contribution is -2.13. The quantitative estimate of drug-likeness (QED) is 0.915. The molecule has 17 heavy (non-hydrogen) atoms. The van der Waals surface area contributed by atoms with Gasteiger partial charge in [0.05, 0.1) is 4.90 Å². The second-order valence-corrected chi connectivity index (χ2v) is 5.72. The van der Waals surface area contributed by atoms with Crippen molar-refractivity contribution in [2.45, 2.75) is 22.2 Å². The third-order valence-electron chi connectivity index (χ3n) is 2.50. The Bertz CT molecular complexity index is 485. The van der Waals surface area contributed by atoms with Crippen LogP contribution < -0.4 is 5.32 Å². The van der Waals surface area contributed by atoms with Crippen LogP contribution in [-0.2, 0) is 0 Å². The van der Waals surface area contributed by atoms with Gasteiger partial charge in [0.1, 0.15) is 5.82 Å². The highest BCUT2D eigenvalue weighted by atomic mass is 32.2. The lowest BCUT2D eigenvalue weighted by molar-refractivity contribution is 0.576. The smallest absolute Gasteiger partial charge is 0.154 e. The average Bonchev–Trinajstić information content (AvgIpc) is 2.83. The molecule has 1 unspecified atom stereocenters. The maximum absolute atomic E-state index is 13.9. The molecule has 1 N–H and O–H groups in total. The molecule has 5 heteroatoms. The van der Waals surface area contributed by atoms with Crippen molar-refractivity contribution in [3.8, 4) is 0 Å². The molecule has 0 spiro atoms. The summed E-state index contributed by atoms with van der Waals surface area (Å²) in [5.41, 5.74) is 0.965. The third kappa shape index (κ3) is 2.86. The van der Waals surface area contributed by atoms with Gasteiger partial charge in [-0.15, -0.1) is 11.3 Å². The van der Waals surface area contributed by atoms with Crippen molar-refractivity contribution in [3.05, 3.63) is 41.2 Å². The van der Waals surface area contributed by atoms with Crippen LogP contribution in [0, 0.1) is 5.82 Å². The van der Waals surface area contributed by atoms with Crippen LogP contribution in [0.25, 0.3) is 0 Å². The van der Waals surface area contributed by atoms with E-state index in [1.54, 1.807) is 12.3 Å². The first kappa shape index (κ1) is 12.5. The Hall–Kier alpha value is -0.910. The molecule has 2 rings (SSSR count). The molecule has 1 atom stereocenters. The summed E-state index contributed by atoms with van der Waals surface area (Å²) >= 11 is 2.90. The summed E-state index contributed by atoms with van der Waals surface area (Å²) in [5, 5.41) is 5.02. The molecule has 1 aromatic carbocycles. The van der Waals surface area contributed by atoms with Crippen molar-refractivity contribution in [1.82, 2.24) is 10.3 Å². The van der Waals surface area contributed by atoms with Gasteiger partial charge in [-0.2, -0.15) is 0 Å². The van der Waals surface area contributed by atoms with E-state index in [4.69, 9.17) is 0 Å². The van der Waals surface area contributed by atoms with E-state index in [0.717, 1.165) is 9.90 Å². The van der Waals surface area contributed by atoms with Gasteiger partial charge in [0.15, 0.2) is 4.34 Å². The van der Waals surface area contributed by atoms with Gasteiger partial charge in [-0.1, -0.05) is 23.9 Å². The molecule has 0 saturated carbocycles. The topological polar surface area (TPSA) is 24.9 Å². The van der Waals surface area contributed by atoms with Crippen LogP contribution in [-0.4, -0.2) is 12.0 Å². The van der Waals surface area contributed by atoms with Gasteiger partial charge in [0, 0.05) is 17.6 Å². The molecular formula is C12H13FN2S2. The fraction of sp³-hybridized carbons (Fsp3) is 0.250. The minimum Gasteiger partial charge on any atom is -0.313 e. The summed E-state index contributed by atoms with van der Waals surface area (Å²) in [6.45, 7) is 2.01. The van der Waals surface area contributed by atoms with Crippen molar-refractivity contribution < 1.29 is 4.39 Å². The summed E-state index contributed by atoms with van der Waals surface area (Å²) < 4.78 is 14.7. The van der Waals surface area contributed by atoms with Gasteiger partial charge >= 0.3 is 0 Å². The Kier molecular flexibility index (Phi) is 4.15. The Balaban J connectivity index is 2.37. The highest BCUT2D eigenvalue weighted by Crippen LogP contribution is 2.36. The van der Waals surface area contributed by atoms with Crippen LogP contribution in [0.3, 0.4) is 0 Å². The third-order valence-corrected chi connectivity index (χ3v) is 4.51. The summed E-state index contributed by atoms with van der Waals surface area (Å²) in [6, 6.07) is 5.29. The van der Waals surface area contributed by atoms with E-state index in [2.05, 4.69) is 10.3 Å². The van der Waals surface area contributed by atoms with E-state index in [0.29, 0.717) is 4.90 Å². The van der Waals surface area contributed by atoms with Crippen LogP contribution in [0.4, 0.5) is 4.39 Å². The molecule has 0 aliphatic rings. The van der Waals surface area contributed by atoms with Crippen molar-refractivity contribution in [1.29, 1.82) is 0 Å². The maximum Gasteiger partial charge on any atom is 0.154 e. The molecule has 0 saturated heterocycles. The summed E-state index contributed by atoms with van der Waals surface area (Å²) in [4.78, 5) is 4.83. The number of nitrogens with zero attached hydrogens (tertiary/aromatic N) is 1. The van der Waals surface area contributed by atoms with E-state index in [-0.39, 0.29) is 11.9 Å². The van der Waals surface area contributed by atoms with Gasteiger partial charge < -0.3 is 5.32 Å². The summed E-state index contributed by atoms with van der Waals surface area (Å²) in [6.07, 6.45) is 1.73. The number of rotatable bonds is 4. The minimum atomic E-state index is -0.190. The van der Waals surface area contributed by atoms with Gasteiger partial charge in [-0.25, -0.2) is 9.37 Å². The highest BCUT2D eigenvalue weighted by Gasteiger charge is 2.15. The molecule has 1 heterocycles. The monoisotopic (exact) mass is 268 g/mol. The van der Waals surface area contributed by atoms with Gasteiger partial charge in [0.2, 0.25) is 0 Å². The lowest BCUT2D eigenvalue weighted by Gasteiger charge is -2.15. The van der Waals surface area contributed by atoms with Crippen molar-refractivity contribution in [2.75, 3.05) is 7.05 Å². The number of halogens is 1. The first-order chi connectivity index (χ1) is 8.22. The zero-order chi connectivity index (χ0) is 12.3. The lowest BCUT2D eigenvalue weighted by atomic mass is 10.1. The molecule has 2 aromatic rings. The second kappa shape index (κ2) is 5.62. The minimum absolute atomic E-state index is 0.119. The summed E-state index contributed by atoms with van der Waals surface area (Å²) in [5.74, 6) is -0.190. The zero-order valence-corrected chi connectivity index (χ0v) is 11.2. The normalized spacial score (nSPS) is 12.6. The number of benzene rings is 1. The van der Waals surface area contributed by atoms with Crippen LogP contribution >= 0.6 is 23.1 Å². The molecule has 0 aliphatic carbocycles. The van der Waals surface area contributed by atoms with Crippen molar-refractivity contribution in [3.63, 3.8) is 0 Å². The molecule has 0 fully saturated rings. The van der Waals surface area contributed by atoms with Crippen LogP contribution in [0.5, 0.6) is 0 Å². The molecule has 0 bridgehead atoms. The number of aromatic nitrogens is 1. The Morgan fingerprint density at radius 1 is 1.47 bits per heavy atom. The fourth-order valence-electron chi connectivity index (χ4n) is 1.48. The number of thiazole rings is 1. The van der Waals surface area contributed by atoms with Gasteiger partial charge in [0.25, 0.3) is 0 Å². The molecular weight excluding hydrogens is 255 g/mol. The molecule has 0 radical (unpaired) electrons. The zero-order valence-electron chi connectivity index (χ0n) is 9.61. The molecule has 90 valence electrons. The number of hydrogen-bond donors (Lipinski definition) is 1.